The monoisotopic (exact) mass is 215 g/mol. The third-order valence-corrected chi connectivity index (χ3v) is 3.04. The minimum Gasteiger partial charge on any atom is -0.455 e. The van der Waals surface area contributed by atoms with E-state index in [0.717, 1.165) is 21.6 Å². The Morgan fingerprint density at radius 2 is 2.00 bits per heavy atom. The first-order valence-corrected chi connectivity index (χ1v) is 5.53. The quantitative estimate of drug-likeness (QED) is 0.602. The molecule has 0 spiro atoms. The average molecular weight is 215 g/mol. The van der Waals surface area contributed by atoms with E-state index in [0.29, 0.717) is 0 Å². The summed E-state index contributed by atoms with van der Waals surface area (Å²) in [6, 6.07) is 14.1. The van der Waals surface area contributed by atoms with Crippen molar-refractivity contribution in [2.75, 3.05) is 0 Å². The number of para-hydroxylation sites is 1. The summed E-state index contributed by atoms with van der Waals surface area (Å²) in [4.78, 5) is 1.11. The summed E-state index contributed by atoms with van der Waals surface area (Å²) in [5, 5.41) is 1.13. The second-order valence-corrected chi connectivity index (χ2v) is 4.14. The van der Waals surface area contributed by atoms with Crippen LogP contribution in [0.25, 0.3) is 21.6 Å². The molecule has 0 saturated carbocycles. The molecule has 15 heavy (non-hydrogen) atoms. The van der Waals surface area contributed by atoms with E-state index >= 15 is 0 Å². The minimum absolute atomic E-state index is 0.903. The fourth-order valence-electron chi connectivity index (χ4n) is 1.54. The summed E-state index contributed by atoms with van der Waals surface area (Å²) in [7, 11) is 0. The normalized spacial score (nSPS) is 10.7. The molecule has 0 atom stereocenters. The van der Waals surface area contributed by atoms with Gasteiger partial charge < -0.3 is 8.79 Å². The van der Waals surface area contributed by atoms with Gasteiger partial charge in [0.1, 0.15) is 11.3 Å². The molecule has 0 saturated heterocycles. The second-order valence-electron chi connectivity index (χ2n) is 3.26. The lowest BCUT2D eigenvalue weighted by molar-refractivity contribution is 0.622. The minimum atomic E-state index is 0.903. The standard InChI is InChI=1S/C12H9NOS/c1-2-5-10-9(4-1)8-12-11(14-10)6-3-7-13-15-12/h1-8,13H. The first-order chi connectivity index (χ1) is 7.43. The number of rotatable bonds is 0. The third kappa shape index (κ3) is 1.51. The molecule has 1 aromatic carbocycles. The van der Waals surface area contributed by atoms with Gasteiger partial charge in [-0.2, -0.15) is 0 Å². The largest absolute Gasteiger partial charge is 0.455 e. The van der Waals surface area contributed by atoms with Crippen molar-refractivity contribution >= 4 is 22.5 Å². The van der Waals surface area contributed by atoms with E-state index in [1.165, 1.54) is 0 Å². The molecule has 0 bridgehead atoms. The molecule has 0 amide bonds. The zero-order valence-corrected chi connectivity index (χ0v) is 8.75. The molecule has 2 aliphatic heterocycles. The number of hydrogen-bond donors (Lipinski definition) is 1. The van der Waals surface area contributed by atoms with E-state index in [1.54, 1.807) is 11.5 Å². The highest BCUT2D eigenvalue weighted by Gasteiger charge is 2.04. The number of aromatic amines is 1. The van der Waals surface area contributed by atoms with Crippen LogP contribution in [0.3, 0.4) is 0 Å². The summed E-state index contributed by atoms with van der Waals surface area (Å²) >= 11 is 1.56. The molecular formula is C12H9NOS. The topological polar surface area (TPSA) is 28.9 Å². The zero-order chi connectivity index (χ0) is 10.1. The molecule has 1 N–H and O–H groups in total. The second kappa shape index (κ2) is 3.44. The van der Waals surface area contributed by atoms with Crippen LogP contribution in [0.4, 0.5) is 0 Å². The molecule has 3 rings (SSSR count). The molecular weight excluding hydrogens is 206 g/mol. The van der Waals surface area contributed by atoms with Crippen molar-refractivity contribution in [2.24, 2.45) is 0 Å². The Bertz CT molecular complexity index is 551. The summed E-state index contributed by atoms with van der Waals surface area (Å²) in [6.45, 7) is 0. The molecule has 0 aromatic heterocycles. The number of aromatic nitrogens is 1. The number of H-pyrrole nitrogens is 1. The van der Waals surface area contributed by atoms with Gasteiger partial charge in [-0.15, -0.1) is 0 Å². The van der Waals surface area contributed by atoms with Gasteiger partial charge in [0.05, 0.1) is 4.88 Å². The van der Waals surface area contributed by atoms with Gasteiger partial charge in [-0.25, -0.2) is 0 Å². The summed E-state index contributed by atoms with van der Waals surface area (Å²) < 4.78 is 8.91. The van der Waals surface area contributed by atoms with Crippen molar-refractivity contribution in [1.29, 1.82) is 0 Å². The predicted molar refractivity (Wildman–Crippen MR) is 62.7 cm³/mol. The number of benzene rings is 1. The van der Waals surface area contributed by atoms with Crippen molar-refractivity contribution < 1.29 is 4.42 Å². The lowest BCUT2D eigenvalue weighted by atomic mass is 10.2. The van der Waals surface area contributed by atoms with Gasteiger partial charge in [-0.05, 0) is 24.3 Å². The fraction of sp³-hybridized carbons (Fsp3) is 0. The number of fused-ring (bicyclic) bond motifs is 2. The van der Waals surface area contributed by atoms with Gasteiger partial charge in [-0.3, -0.25) is 0 Å². The van der Waals surface area contributed by atoms with Crippen LogP contribution in [0.5, 0.6) is 0 Å². The van der Waals surface area contributed by atoms with Crippen LogP contribution in [0, 0.1) is 0 Å². The van der Waals surface area contributed by atoms with E-state index in [2.05, 4.69) is 16.5 Å². The van der Waals surface area contributed by atoms with Gasteiger partial charge in [0, 0.05) is 11.6 Å². The SMILES string of the molecule is c1c[nH]sc2cc3ccccc3oc-2c1. The summed E-state index contributed by atoms with van der Waals surface area (Å²) in [5.41, 5.74) is 0.920. The smallest absolute Gasteiger partial charge is 0.146 e. The van der Waals surface area contributed by atoms with Crippen molar-refractivity contribution in [3.8, 4) is 10.6 Å². The van der Waals surface area contributed by atoms with Gasteiger partial charge in [0.25, 0.3) is 0 Å². The van der Waals surface area contributed by atoms with E-state index < -0.39 is 0 Å². The molecule has 0 radical (unpaired) electrons. The molecule has 2 aliphatic rings. The van der Waals surface area contributed by atoms with Crippen LogP contribution in [0.1, 0.15) is 0 Å². The molecule has 2 heterocycles. The highest BCUT2D eigenvalue weighted by molar-refractivity contribution is 7.09. The molecule has 0 fully saturated rings. The van der Waals surface area contributed by atoms with Crippen LogP contribution in [-0.4, -0.2) is 4.37 Å². The number of hydrogen-bond acceptors (Lipinski definition) is 2. The molecule has 0 unspecified atom stereocenters. The van der Waals surface area contributed by atoms with Gasteiger partial charge >= 0.3 is 0 Å². The zero-order valence-electron chi connectivity index (χ0n) is 7.94. The molecule has 74 valence electrons. The highest BCUT2D eigenvalue weighted by Crippen LogP contribution is 2.28. The van der Waals surface area contributed by atoms with Crippen molar-refractivity contribution in [1.82, 2.24) is 4.37 Å². The summed E-state index contributed by atoms with van der Waals surface area (Å²) in [6.07, 6.45) is 1.89. The van der Waals surface area contributed by atoms with Gasteiger partial charge in [0.2, 0.25) is 0 Å². The van der Waals surface area contributed by atoms with Crippen LogP contribution in [0.15, 0.2) is 53.1 Å². The lowest BCUT2D eigenvalue weighted by Crippen LogP contribution is -1.76. The Kier molecular flexibility index (Phi) is 1.96. The van der Waals surface area contributed by atoms with Crippen LogP contribution >= 0.6 is 11.5 Å². The Hall–Kier alpha value is -1.74. The Morgan fingerprint density at radius 3 is 3.00 bits per heavy atom. The highest BCUT2D eigenvalue weighted by atomic mass is 32.1. The summed E-state index contributed by atoms with van der Waals surface area (Å²) in [5.74, 6) is 0.903. The molecule has 1 aromatic rings. The van der Waals surface area contributed by atoms with Gasteiger partial charge in [0.15, 0.2) is 0 Å². The van der Waals surface area contributed by atoms with Crippen molar-refractivity contribution in [2.45, 2.75) is 0 Å². The van der Waals surface area contributed by atoms with Gasteiger partial charge in [-0.1, -0.05) is 29.7 Å². The maximum absolute atomic E-state index is 5.80. The van der Waals surface area contributed by atoms with E-state index in [9.17, 15) is 0 Å². The Morgan fingerprint density at radius 1 is 1.07 bits per heavy atom. The van der Waals surface area contributed by atoms with E-state index in [1.807, 2.05) is 36.5 Å². The Balaban J connectivity index is 2.47. The first-order valence-electron chi connectivity index (χ1n) is 4.72. The van der Waals surface area contributed by atoms with Crippen LogP contribution < -0.4 is 0 Å². The third-order valence-electron chi connectivity index (χ3n) is 2.25. The maximum atomic E-state index is 5.80. The van der Waals surface area contributed by atoms with E-state index in [-0.39, 0.29) is 0 Å². The van der Waals surface area contributed by atoms with Crippen molar-refractivity contribution in [3.05, 3.63) is 48.7 Å². The van der Waals surface area contributed by atoms with Crippen LogP contribution in [0.2, 0.25) is 0 Å². The van der Waals surface area contributed by atoms with Crippen LogP contribution in [-0.2, 0) is 0 Å². The predicted octanol–water partition coefficient (Wildman–Crippen LogP) is 4.05. The Labute approximate surface area is 91.0 Å². The molecule has 2 nitrogen and oxygen atoms in total. The van der Waals surface area contributed by atoms with E-state index in [4.69, 9.17) is 4.42 Å². The van der Waals surface area contributed by atoms with Crippen molar-refractivity contribution in [3.63, 3.8) is 0 Å². The first kappa shape index (κ1) is 8.56. The average Bonchev–Trinajstić information content (AvgIpc) is 2.50. The fourth-order valence-corrected chi connectivity index (χ4v) is 2.21. The maximum Gasteiger partial charge on any atom is 0.146 e. The molecule has 0 aliphatic carbocycles. The number of nitrogens with one attached hydrogen (secondary N) is 1. The molecule has 3 heteroatoms. The lowest BCUT2D eigenvalue weighted by Gasteiger charge is -2.02.